The highest BCUT2D eigenvalue weighted by molar-refractivity contribution is 7.09. The molecule has 0 amide bonds. The van der Waals surface area contributed by atoms with Crippen LogP contribution in [-0.4, -0.2) is 22.0 Å². The molecular weight excluding hydrogens is 270 g/mol. The van der Waals surface area contributed by atoms with Crippen LogP contribution < -0.4 is 0 Å². The Morgan fingerprint density at radius 2 is 1.95 bits per heavy atom. The van der Waals surface area contributed by atoms with Crippen molar-refractivity contribution in [2.24, 2.45) is 0 Å². The fourth-order valence-electron chi connectivity index (χ4n) is 2.11. The first-order valence-corrected chi connectivity index (χ1v) is 7.53. The molecule has 0 bridgehead atoms. The number of rotatable bonds is 6. The molecule has 1 aromatic carbocycles. The predicted octanol–water partition coefficient (Wildman–Crippen LogP) is 3.86. The van der Waals surface area contributed by atoms with Crippen LogP contribution >= 0.6 is 11.3 Å². The van der Waals surface area contributed by atoms with Crippen LogP contribution in [0, 0.1) is 0 Å². The van der Waals surface area contributed by atoms with E-state index in [1.807, 2.05) is 18.2 Å². The van der Waals surface area contributed by atoms with Crippen molar-refractivity contribution >= 4 is 17.3 Å². The maximum atomic E-state index is 11.3. The maximum Gasteiger partial charge on any atom is 0.336 e. The number of hydrogen-bond acceptors (Lipinski definition) is 3. The summed E-state index contributed by atoms with van der Waals surface area (Å²) in [6, 6.07) is 11.7. The summed E-state index contributed by atoms with van der Waals surface area (Å²) in [6.45, 7) is 5.77. The van der Waals surface area contributed by atoms with Crippen molar-refractivity contribution in [3.05, 3.63) is 57.8 Å². The summed E-state index contributed by atoms with van der Waals surface area (Å²) in [5.74, 6) is -0.861. The Bertz CT molecular complexity index is 564. The van der Waals surface area contributed by atoms with Crippen molar-refractivity contribution in [3.63, 3.8) is 0 Å². The summed E-state index contributed by atoms with van der Waals surface area (Å²) in [4.78, 5) is 14.9. The fourth-order valence-corrected chi connectivity index (χ4v) is 2.84. The van der Waals surface area contributed by atoms with Crippen LogP contribution in [0.4, 0.5) is 0 Å². The predicted molar refractivity (Wildman–Crippen MR) is 82.1 cm³/mol. The van der Waals surface area contributed by atoms with Crippen LogP contribution in [0.1, 0.15) is 34.6 Å². The summed E-state index contributed by atoms with van der Waals surface area (Å²) in [7, 11) is 0. The van der Waals surface area contributed by atoms with E-state index in [1.54, 1.807) is 23.5 Å². The molecule has 1 aromatic heterocycles. The van der Waals surface area contributed by atoms with Gasteiger partial charge in [0.15, 0.2) is 0 Å². The van der Waals surface area contributed by atoms with E-state index in [0.29, 0.717) is 18.2 Å². The number of carbonyl (C=O) groups is 1. The Labute approximate surface area is 123 Å². The maximum absolute atomic E-state index is 11.3. The van der Waals surface area contributed by atoms with E-state index in [1.165, 1.54) is 4.88 Å². The average molecular weight is 289 g/mol. The van der Waals surface area contributed by atoms with E-state index < -0.39 is 5.97 Å². The first kappa shape index (κ1) is 14.8. The van der Waals surface area contributed by atoms with E-state index in [-0.39, 0.29) is 0 Å². The summed E-state index contributed by atoms with van der Waals surface area (Å²) in [6.07, 6.45) is 0. The van der Waals surface area contributed by atoms with Gasteiger partial charge >= 0.3 is 5.97 Å². The quantitative estimate of drug-likeness (QED) is 0.878. The third-order valence-electron chi connectivity index (χ3n) is 3.29. The van der Waals surface area contributed by atoms with Gasteiger partial charge in [0.05, 0.1) is 5.56 Å². The summed E-state index contributed by atoms with van der Waals surface area (Å²) in [5, 5.41) is 11.3. The first-order chi connectivity index (χ1) is 9.58. The lowest BCUT2D eigenvalue weighted by Gasteiger charge is -2.26. The molecule has 0 saturated carbocycles. The number of hydrogen-bond donors (Lipinski definition) is 1. The van der Waals surface area contributed by atoms with Gasteiger partial charge in [0, 0.05) is 24.0 Å². The van der Waals surface area contributed by atoms with Crippen molar-refractivity contribution in [1.82, 2.24) is 4.90 Å². The molecule has 1 N–H and O–H groups in total. The largest absolute Gasteiger partial charge is 0.478 e. The van der Waals surface area contributed by atoms with Crippen molar-refractivity contribution in [2.45, 2.75) is 33.0 Å². The molecule has 0 radical (unpaired) electrons. The Hall–Kier alpha value is -1.65. The third kappa shape index (κ3) is 3.68. The molecular formula is C16H19NO2S. The Morgan fingerprint density at radius 1 is 1.20 bits per heavy atom. The molecule has 1 heterocycles. The molecule has 2 aromatic rings. The molecule has 0 saturated heterocycles. The van der Waals surface area contributed by atoms with Gasteiger partial charge < -0.3 is 5.11 Å². The zero-order valence-corrected chi connectivity index (χ0v) is 12.6. The minimum absolute atomic E-state index is 0.360. The number of nitrogens with zero attached hydrogens (tertiary/aromatic N) is 1. The van der Waals surface area contributed by atoms with E-state index >= 15 is 0 Å². The highest BCUT2D eigenvalue weighted by Gasteiger charge is 2.15. The lowest BCUT2D eigenvalue weighted by Crippen LogP contribution is -2.30. The lowest BCUT2D eigenvalue weighted by atomic mass is 10.1. The average Bonchev–Trinajstić information content (AvgIpc) is 2.91. The smallest absolute Gasteiger partial charge is 0.336 e. The molecule has 0 atom stereocenters. The van der Waals surface area contributed by atoms with Gasteiger partial charge in [-0.2, -0.15) is 0 Å². The normalized spacial score (nSPS) is 11.2. The fraction of sp³-hybridized carbons (Fsp3) is 0.312. The van der Waals surface area contributed by atoms with Crippen LogP contribution in [-0.2, 0) is 13.1 Å². The minimum atomic E-state index is -0.861. The Balaban J connectivity index is 2.18. The molecule has 0 aliphatic heterocycles. The molecule has 0 unspecified atom stereocenters. The van der Waals surface area contributed by atoms with Crippen molar-refractivity contribution in [1.29, 1.82) is 0 Å². The van der Waals surface area contributed by atoms with Gasteiger partial charge in [-0.1, -0.05) is 24.3 Å². The van der Waals surface area contributed by atoms with Gasteiger partial charge in [-0.25, -0.2) is 4.79 Å². The van der Waals surface area contributed by atoms with Gasteiger partial charge in [-0.05, 0) is 36.9 Å². The SMILES string of the molecule is CC(C)N(Cc1cccs1)Cc1ccccc1C(=O)O. The standard InChI is InChI=1S/C16H19NO2S/c1-12(2)17(11-14-7-5-9-20-14)10-13-6-3-4-8-15(13)16(18)19/h3-9,12H,10-11H2,1-2H3,(H,18,19). The summed E-state index contributed by atoms with van der Waals surface area (Å²) < 4.78 is 0. The van der Waals surface area contributed by atoms with E-state index in [2.05, 4.69) is 30.2 Å². The van der Waals surface area contributed by atoms with E-state index in [0.717, 1.165) is 12.1 Å². The minimum Gasteiger partial charge on any atom is -0.478 e. The van der Waals surface area contributed by atoms with Gasteiger partial charge in [0.25, 0.3) is 0 Å². The zero-order valence-electron chi connectivity index (χ0n) is 11.7. The van der Waals surface area contributed by atoms with Crippen LogP contribution in [0.25, 0.3) is 0 Å². The Kier molecular flexibility index (Phi) is 4.93. The van der Waals surface area contributed by atoms with Crippen LogP contribution in [0.5, 0.6) is 0 Å². The molecule has 0 aliphatic rings. The molecule has 0 spiro atoms. The first-order valence-electron chi connectivity index (χ1n) is 6.65. The highest BCUT2D eigenvalue weighted by atomic mass is 32.1. The Morgan fingerprint density at radius 3 is 2.55 bits per heavy atom. The second-order valence-corrected chi connectivity index (χ2v) is 6.07. The van der Waals surface area contributed by atoms with Crippen LogP contribution in [0.3, 0.4) is 0 Å². The van der Waals surface area contributed by atoms with Gasteiger partial charge in [-0.15, -0.1) is 11.3 Å². The number of aromatic carboxylic acids is 1. The van der Waals surface area contributed by atoms with E-state index in [4.69, 9.17) is 0 Å². The molecule has 106 valence electrons. The third-order valence-corrected chi connectivity index (χ3v) is 4.15. The molecule has 0 aliphatic carbocycles. The van der Waals surface area contributed by atoms with Crippen LogP contribution in [0.2, 0.25) is 0 Å². The number of carboxylic acid groups (broad SMARTS) is 1. The number of thiophene rings is 1. The van der Waals surface area contributed by atoms with Crippen molar-refractivity contribution < 1.29 is 9.90 Å². The van der Waals surface area contributed by atoms with Crippen molar-refractivity contribution in [3.8, 4) is 0 Å². The molecule has 20 heavy (non-hydrogen) atoms. The number of benzene rings is 1. The monoisotopic (exact) mass is 289 g/mol. The van der Waals surface area contributed by atoms with E-state index in [9.17, 15) is 9.90 Å². The molecule has 3 nitrogen and oxygen atoms in total. The zero-order chi connectivity index (χ0) is 14.5. The van der Waals surface area contributed by atoms with Gasteiger partial charge in [-0.3, -0.25) is 4.90 Å². The topological polar surface area (TPSA) is 40.5 Å². The highest BCUT2D eigenvalue weighted by Crippen LogP contribution is 2.18. The molecule has 4 heteroatoms. The second kappa shape index (κ2) is 6.68. The summed E-state index contributed by atoms with van der Waals surface area (Å²) >= 11 is 1.73. The van der Waals surface area contributed by atoms with Gasteiger partial charge in [0.2, 0.25) is 0 Å². The van der Waals surface area contributed by atoms with Gasteiger partial charge in [0.1, 0.15) is 0 Å². The van der Waals surface area contributed by atoms with Crippen molar-refractivity contribution in [2.75, 3.05) is 0 Å². The van der Waals surface area contributed by atoms with Crippen LogP contribution in [0.15, 0.2) is 41.8 Å². The molecule has 2 rings (SSSR count). The second-order valence-electron chi connectivity index (χ2n) is 5.04. The summed E-state index contributed by atoms with van der Waals surface area (Å²) in [5.41, 5.74) is 1.26. The lowest BCUT2D eigenvalue weighted by molar-refractivity contribution is 0.0693. The molecule has 0 fully saturated rings. The number of carboxylic acids is 1.